The molecule has 0 aromatic heterocycles. The molecule has 9 nitrogen and oxygen atoms in total. The number of amides is 3. The number of rotatable bonds is 6. The van der Waals surface area contributed by atoms with Gasteiger partial charge in [-0.05, 0) is 56.2 Å². The van der Waals surface area contributed by atoms with E-state index in [2.05, 4.69) is 20.6 Å². The van der Waals surface area contributed by atoms with Crippen molar-refractivity contribution in [2.24, 2.45) is 15.3 Å². The average molecular weight is 421 g/mol. The van der Waals surface area contributed by atoms with Gasteiger partial charge in [0.25, 0.3) is 11.8 Å². The van der Waals surface area contributed by atoms with Crippen molar-refractivity contribution in [3.05, 3.63) is 53.6 Å². The van der Waals surface area contributed by atoms with Crippen molar-refractivity contribution in [2.75, 3.05) is 12.4 Å². The second-order valence-electron chi connectivity index (χ2n) is 7.17. The first-order valence-electron chi connectivity index (χ1n) is 9.62. The summed E-state index contributed by atoms with van der Waals surface area (Å²) >= 11 is 0. The van der Waals surface area contributed by atoms with Gasteiger partial charge >= 0.3 is 0 Å². The van der Waals surface area contributed by atoms with Gasteiger partial charge in [0.05, 0.1) is 12.8 Å². The Morgan fingerprint density at radius 3 is 2.58 bits per heavy atom. The van der Waals surface area contributed by atoms with E-state index in [1.807, 2.05) is 26.0 Å². The highest BCUT2D eigenvalue weighted by Crippen LogP contribution is 2.29. The number of carbonyl (C=O) groups excluding carboxylic acids is 3. The molecule has 1 N–H and O–H groups in total. The van der Waals surface area contributed by atoms with Crippen LogP contribution in [-0.4, -0.2) is 41.6 Å². The summed E-state index contributed by atoms with van der Waals surface area (Å²) in [6.45, 7) is 5.37. The minimum absolute atomic E-state index is 0.313. The van der Waals surface area contributed by atoms with Crippen LogP contribution in [0, 0.1) is 13.8 Å². The van der Waals surface area contributed by atoms with Crippen molar-refractivity contribution in [1.29, 1.82) is 0 Å². The molecule has 0 radical (unpaired) electrons. The van der Waals surface area contributed by atoms with E-state index in [0.717, 1.165) is 11.1 Å². The Hall–Kier alpha value is -3.88. The standard InChI is InChI=1S/C22H23N5O4/c1-13-6-5-7-16(10-13)23-19(28)12-20(29)27-22(30)21(15(3)26-27)25-24-17-11-14(2)8-9-18(17)31-4/h5-11,21H,12H2,1-4H3,(H,23,28)/t21-/m1/s1. The van der Waals surface area contributed by atoms with E-state index in [-0.39, 0.29) is 0 Å². The first kappa shape index (κ1) is 21.8. The minimum Gasteiger partial charge on any atom is -0.494 e. The summed E-state index contributed by atoms with van der Waals surface area (Å²) in [6.07, 6.45) is -0.522. The molecule has 3 amide bonds. The van der Waals surface area contributed by atoms with Crippen LogP contribution in [0.1, 0.15) is 24.5 Å². The van der Waals surface area contributed by atoms with E-state index >= 15 is 0 Å². The number of hydrogen-bond acceptors (Lipinski definition) is 7. The molecule has 2 aromatic rings. The zero-order chi connectivity index (χ0) is 22.5. The molecular formula is C22H23N5O4. The lowest BCUT2D eigenvalue weighted by atomic mass is 10.2. The Bertz CT molecular complexity index is 1090. The number of hydrazone groups is 1. The Labute approximate surface area is 179 Å². The molecule has 9 heteroatoms. The van der Waals surface area contributed by atoms with Gasteiger partial charge in [-0.2, -0.15) is 20.3 Å². The van der Waals surface area contributed by atoms with Gasteiger partial charge in [0, 0.05) is 5.69 Å². The molecule has 0 spiro atoms. The Balaban J connectivity index is 1.67. The lowest BCUT2D eigenvalue weighted by Gasteiger charge is -2.11. The number of benzene rings is 2. The molecule has 0 bridgehead atoms. The predicted octanol–water partition coefficient (Wildman–Crippen LogP) is 3.54. The number of aryl methyl sites for hydroxylation is 2. The fourth-order valence-electron chi connectivity index (χ4n) is 3.01. The number of imide groups is 1. The molecular weight excluding hydrogens is 398 g/mol. The molecule has 0 saturated heterocycles. The van der Waals surface area contributed by atoms with Crippen LogP contribution in [0.5, 0.6) is 5.75 Å². The number of hydrogen-bond donors (Lipinski definition) is 1. The first-order chi connectivity index (χ1) is 14.8. The highest BCUT2D eigenvalue weighted by Gasteiger charge is 2.38. The number of nitrogens with zero attached hydrogens (tertiary/aromatic N) is 4. The van der Waals surface area contributed by atoms with E-state index in [1.165, 1.54) is 7.11 Å². The number of anilines is 1. The SMILES string of the molecule is COc1ccc(C)cc1N=N[C@H]1C(=O)N(C(=O)CC(=O)Nc2cccc(C)c2)N=C1C. The summed E-state index contributed by atoms with van der Waals surface area (Å²) in [6, 6.07) is 11.5. The number of azo groups is 1. The van der Waals surface area contributed by atoms with E-state index in [0.29, 0.717) is 27.8 Å². The first-order valence-corrected chi connectivity index (χ1v) is 9.62. The molecule has 0 fully saturated rings. The van der Waals surface area contributed by atoms with Crippen molar-refractivity contribution >= 4 is 34.8 Å². The number of carbonyl (C=O) groups is 3. The summed E-state index contributed by atoms with van der Waals surface area (Å²) in [7, 11) is 1.51. The maximum absolute atomic E-state index is 12.7. The normalized spacial score (nSPS) is 15.9. The zero-order valence-electron chi connectivity index (χ0n) is 17.7. The van der Waals surface area contributed by atoms with Gasteiger partial charge in [0.2, 0.25) is 5.91 Å². The molecule has 0 aliphatic carbocycles. The number of nitrogens with one attached hydrogen (secondary N) is 1. The summed E-state index contributed by atoms with van der Waals surface area (Å²) in [4.78, 5) is 37.3. The third-order valence-corrected chi connectivity index (χ3v) is 4.56. The van der Waals surface area contributed by atoms with Gasteiger partial charge in [-0.1, -0.05) is 18.2 Å². The van der Waals surface area contributed by atoms with Crippen molar-refractivity contribution < 1.29 is 19.1 Å². The minimum atomic E-state index is -1.03. The van der Waals surface area contributed by atoms with Crippen molar-refractivity contribution in [2.45, 2.75) is 33.2 Å². The predicted molar refractivity (Wildman–Crippen MR) is 115 cm³/mol. The summed E-state index contributed by atoms with van der Waals surface area (Å²) < 4.78 is 5.25. The fourth-order valence-corrected chi connectivity index (χ4v) is 3.01. The number of methoxy groups -OCH3 is 1. The van der Waals surface area contributed by atoms with Crippen LogP contribution in [0.3, 0.4) is 0 Å². The Morgan fingerprint density at radius 2 is 1.87 bits per heavy atom. The van der Waals surface area contributed by atoms with Crippen molar-refractivity contribution in [3.8, 4) is 5.75 Å². The molecule has 1 aliphatic rings. The van der Waals surface area contributed by atoms with Gasteiger partial charge in [-0.15, -0.1) is 0 Å². The van der Waals surface area contributed by atoms with Crippen molar-refractivity contribution in [1.82, 2.24) is 5.01 Å². The van der Waals surface area contributed by atoms with Gasteiger partial charge < -0.3 is 10.1 Å². The molecule has 1 heterocycles. The highest BCUT2D eigenvalue weighted by atomic mass is 16.5. The smallest absolute Gasteiger partial charge is 0.282 e. The molecule has 1 atom stereocenters. The van der Waals surface area contributed by atoms with E-state index in [9.17, 15) is 14.4 Å². The summed E-state index contributed by atoms with van der Waals surface area (Å²) in [5.74, 6) is -1.41. The molecule has 160 valence electrons. The van der Waals surface area contributed by atoms with E-state index in [4.69, 9.17) is 4.74 Å². The van der Waals surface area contributed by atoms with Crippen LogP contribution < -0.4 is 10.1 Å². The van der Waals surface area contributed by atoms with Gasteiger partial charge in [0.1, 0.15) is 17.9 Å². The third-order valence-electron chi connectivity index (χ3n) is 4.56. The van der Waals surface area contributed by atoms with Crippen LogP contribution in [0.4, 0.5) is 11.4 Å². The second kappa shape index (κ2) is 9.29. The molecule has 3 rings (SSSR count). The average Bonchev–Trinajstić information content (AvgIpc) is 3.00. The maximum Gasteiger partial charge on any atom is 0.282 e. The quantitative estimate of drug-likeness (QED) is 0.568. The molecule has 2 aromatic carbocycles. The van der Waals surface area contributed by atoms with Crippen LogP contribution in [-0.2, 0) is 14.4 Å². The van der Waals surface area contributed by atoms with Crippen LogP contribution in [0.15, 0.2) is 57.8 Å². The van der Waals surface area contributed by atoms with Gasteiger partial charge in [-0.25, -0.2) is 0 Å². The fraction of sp³-hybridized carbons (Fsp3) is 0.273. The molecule has 0 saturated carbocycles. The monoisotopic (exact) mass is 421 g/mol. The van der Waals surface area contributed by atoms with Crippen LogP contribution in [0.25, 0.3) is 0 Å². The largest absolute Gasteiger partial charge is 0.494 e. The number of ether oxygens (including phenoxy) is 1. The lowest BCUT2D eigenvalue weighted by molar-refractivity contribution is -0.144. The van der Waals surface area contributed by atoms with E-state index < -0.39 is 30.2 Å². The van der Waals surface area contributed by atoms with Crippen LogP contribution in [0.2, 0.25) is 0 Å². The van der Waals surface area contributed by atoms with Crippen LogP contribution >= 0.6 is 0 Å². The Morgan fingerprint density at radius 1 is 1.13 bits per heavy atom. The lowest BCUT2D eigenvalue weighted by Crippen LogP contribution is -2.36. The van der Waals surface area contributed by atoms with E-state index in [1.54, 1.807) is 37.3 Å². The summed E-state index contributed by atoms with van der Waals surface area (Å²) in [5.41, 5.74) is 3.27. The van der Waals surface area contributed by atoms with Crippen molar-refractivity contribution in [3.63, 3.8) is 0 Å². The molecule has 1 aliphatic heterocycles. The van der Waals surface area contributed by atoms with Gasteiger partial charge in [-0.3, -0.25) is 14.4 Å². The highest BCUT2D eigenvalue weighted by molar-refractivity contribution is 6.18. The second-order valence-corrected chi connectivity index (χ2v) is 7.17. The Kier molecular flexibility index (Phi) is 6.54. The summed E-state index contributed by atoms with van der Waals surface area (Å²) in [5, 5.41) is 15.5. The zero-order valence-corrected chi connectivity index (χ0v) is 17.7. The molecule has 31 heavy (non-hydrogen) atoms. The maximum atomic E-state index is 12.7. The topological polar surface area (TPSA) is 113 Å². The molecule has 0 unspecified atom stereocenters. The third kappa shape index (κ3) is 5.19. The van der Waals surface area contributed by atoms with Gasteiger partial charge in [0.15, 0.2) is 6.04 Å².